The predicted molar refractivity (Wildman–Crippen MR) is 110 cm³/mol. The second kappa shape index (κ2) is 8.86. The highest BCUT2D eigenvalue weighted by atomic mass is 19.1. The van der Waals surface area contributed by atoms with E-state index in [2.05, 4.69) is 9.88 Å². The average Bonchev–Trinajstić information content (AvgIpc) is 2.87. The van der Waals surface area contributed by atoms with Crippen molar-refractivity contribution in [1.29, 1.82) is 0 Å². The molecule has 1 atom stereocenters. The maximum absolute atomic E-state index is 13.8. The van der Waals surface area contributed by atoms with E-state index in [-0.39, 0.29) is 23.9 Å². The molecule has 1 aromatic heterocycles. The standard InChI is InChI=1S/C22H29FN4O2/c1-14(2)10-16(21(24)29)12-19(28)20-18-13-26(3)8-5-9-27(18)22(25-20)15-6-4-7-17(23)11-15/h4,6-7,11,14,16H,5,8-10,12-13H2,1-3H3,(H2,24,29)/t16-/m1/s1. The van der Waals surface area contributed by atoms with Crippen molar-refractivity contribution in [3.05, 3.63) is 41.5 Å². The number of nitrogens with zero attached hydrogens (tertiary/aromatic N) is 3. The minimum atomic E-state index is -0.513. The van der Waals surface area contributed by atoms with Gasteiger partial charge in [0.05, 0.1) is 5.69 Å². The Bertz CT molecular complexity index is 906. The van der Waals surface area contributed by atoms with Gasteiger partial charge >= 0.3 is 0 Å². The lowest BCUT2D eigenvalue weighted by Crippen LogP contribution is -2.27. The Hall–Kier alpha value is -2.54. The van der Waals surface area contributed by atoms with Crippen LogP contribution >= 0.6 is 0 Å². The van der Waals surface area contributed by atoms with E-state index in [0.717, 1.165) is 18.7 Å². The molecule has 0 aliphatic carbocycles. The Morgan fingerprint density at radius 1 is 1.28 bits per heavy atom. The van der Waals surface area contributed by atoms with E-state index in [0.29, 0.717) is 36.6 Å². The van der Waals surface area contributed by atoms with Crippen molar-refractivity contribution in [2.24, 2.45) is 17.6 Å². The second-order valence-electron chi connectivity index (χ2n) is 8.34. The molecule has 0 fully saturated rings. The Labute approximate surface area is 170 Å². The number of carbonyl (C=O) groups excluding carboxylic acids is 2. The number of rotatable bonds is 7. The Morgan fingerprint density at radius 3 is 2.69 bits per heavy atom. The van der Waals surface area contributed by atoms with Crippen LogP contribution in [-0.2, 0) is 17.9 Å². The van der Waals surface area contributed by atoms with Crippen molar-refractivity contribution >= 4 is 11.7 Å². The van der Waals surface area contributed by atoms with Crippen LogP contribution in [0.25, 0.3) is 11.4 Å². The lowest BCUT2D eigenvalue weighted by atomic mass is 9.91. The summed E-state index contributed by atoms with van der Waals surface area (Å²) in [6.07, 6.45) is 1.52. The summed E-state index contributed by atoms with van der Waals surface area (Å²) in [6, 6.07) is 6.26. The third kappa shape index (κ3) is 4.90. The van der Waals surface area contributed by atoms with Gasteiger partial charge < -0.3 is 15.2 Å². The van der Waals surface area contributed by atoms with Crippen molar-refractivity contribution in [3.8, 4) is 11.4 Å². The maximum Gasteiger partial charge on any atom is 0.220 e. The highest BCUT2D eigenvalue weighted by Crippen LogP contribution is 2.28. The van der Waals surface area contributed by atoms with Crippen LogP contribution in [0.2, 0.25) is 0 Å². The summed E-state index contributed by atoms with van der Waals surface area (Å²) in [6.45, 7) is 6.18. The fraction of sp³-hybridized carbons (Fsp3) is 0.500. The number of ketones is 1. The molecule has 2 aromatic rings. The first-order chi connectivity index (χ1) is 13.8. The number of amides is 1. The predicted octanol–water partition coefficient (Wildman–Crippen LogP) is 3.25. The smallest absolute Gasteiger partial charge is 0.220 e. The number of fused-ring (bicyclic) bond motifs is 1. The van der Waals surface area contributed by atoms with Crippen LogP contribution in [0.3, 0.4) is 0 Å². The van der Waals surface area contributed by atoms with Crippen molar-refractivity contribution < 1.29 is 14.0 Å². The number of imidazole rings is 1. The summed E-state index contributed by atoms with van der Waals surface area (Å²) < 4.78 is 15.8. The number of nitrogens with two attached hydrogens (primary N) is 1. The van der Waals surface area contributed by atoms with E-state index in [1.807, 2.05) is 25.5 Å². The number of primary amides is 1. The van der Waals surface area contributed by atoms with Gasteiger partial charge in [0.15, 0.2) is 5.78 Å². The number of aromatic nitrogens is 2. The quantitative estimate of drug-likeness (QED) is 0.724. The van der Waals surface area contributed by atoms with Crippen LogP contribution in [-0.4, -0.2) is 39.7 Å². The first-order valence-corrected chi connectivity index (χ1v) is 10.1. The lowest BCUT2D eigenvalue weighted by molar-refractivity contribution is -0.122. The molecule has 7 heteroatoms. The van der Waals surface area contributed by atoms with Crippen molar-refractivity contribution in [1.82, 2.24) is 14.5 Å². The summed E-state index contributed by atoms with van der Waals surface area (Å²) in [4.78, 5) is 31.8. The van der Waals surface area contributed by atoms with E-state index < -0.39 is 11.8 Å². The molecule has 0 saturated heterocycles. The topological polar surface area (TPSA) is 81.2 Å². The first-order valence-electron chi connectivity index (χ1n) is 10.1. The lowest BCUT2D eigenvalue weighted by Gasteiger charge is -2.16. The summed E-state index contributed by atoms with van der Waals surface area (Å²) in [7, 11) is 2.00. The average molecular weight is 400 g/mol. The Balaban J connectivity index is 2.02. The molecule has 0 radical (unpaired) electrons. The molecule has 0 unspecified atom stereocenters. The molecule has 2 heterocycles. The molecule has 0 saturated carbocycles. The van der Waals surface area contributed by atoms with Crippen molar-refractivity contribution in [2.45, 2.75) is 46.2 Å². The van der Waals surface area contributed by atoms with E-state index in [1.165, 1.54) is 12.1 Å². The number of hydrogen-bond acceptors (Lipinski definition) is 4. The largest absolute Gasteiger partial charge is 0.369 e. The molecule has 1 amide bonds. The van der Waals surface area contributed by atoms with Gasteiger partial charge in [-0.05, 0) is 44.5 Å². The number of hydrogen-bond donors (Lipinski definition) is 1. The van der Waals surface area contributed by atoms with Gasteiger partial charge in [-0.3, -0.25) is 9.59 Å². The van der Waals surface area contributed by atoms with Crippen molar-refractivity contribution in [3.63, 3.8) is 0 Å². The normalized spacial score (nSPS) is 15.8. The third-order valence-electron chi connectivity index (χ3n) is 5.35. The summed E-state index contributed by atoms with van der Waals surface area (Å²) in [5.41, 5.74) is 7.37. The van der Waals surface area contributed by atoms with Crippen LogP contribution < -0.4 is 5.73 Å². The molecule has 156 valence electrons. The van der Waals surface area contributed by atoms with Crippen LogP contribution in [0.5, 0.6) is 0 Å². The summed E-state index contributed by atoms with van der Waals surface area (Å²) in [5, 5.41) is 0. The van der Waals surface area contributed by atoms with Gasteiger partial charge in [-0.1, -0.05) is 26.0 Å². The Kier molecular flexibility index (Phi) is 6.47. The molecular weight excluding hydrogens is 371 g/mol. The molecule has 1 aliphatic heterocycles. The van der Waals surface area contributed by atoms with Crippen molar-refractivity contribution in [2.75, 3.05) is 13.6 Å². The highest BCUT2D eigenvalue weighted by Gasteiger charge is 2.29. The van der Waals surface area contributed by atoms with Gasteiger partial charge in [0.2, 0.25) is 5.91 Å². The molecule has 3 rings (SSSR count). The summed E-state index contributed by atoms with van der Waals surface area (Å²) in [5.74, 6) is -0.646. The van der Waals surface area contributed by atoms with Gasteiger partial charge in [-0.2, -0.15) is 0 Å². The molecule has 1 aliphatic rings. The second-order valence-corrected chi connectivity index (χ2v) is 8.34. The minimum absolute atomic E-state index is 0.0455. The number of benzene rings is 1. The highest BCUT2D eigenvalue weighted by molar-refractivity contribution is 5.98. The fourth-order valence-corrected chi connectivity index (χ4v) is 3.98. The van der Waals surface area contributed by atoms with E-state index in [9.17, 15) is 14.0 Å². The first kappa shape index (κ1) is 21.2. The molecule has 29 heavy (non-hydrogen) atoms. The van der Waals surface area contributed by atoms with E-state index >= 15 is 0 Å². The van der Waals surface area contributed by atoms with Gasteiger partial charge in [0.25, 0.3) is 0 Å². The van der Waals surface area contributed by atoms with Gasteiger partial charge in [0, 0.05) is 31.0 Å². The van der Waals surface area contributed by atoms with Crippen LogP contribution in [0.4, 0.5) is 4.39 Å². The number of Topliss-reactive ketones (excluding diaryl/α,β-unsaturated/α-hetero) is 1. The molecule has 1 aromatic carbocycles. The molecule has 6 nitrogen and oxygen atoms in total. The zero-order valence-electron chi connectivity index (χ0n) is 17.3. The van der Waals surface area contributed by atoms with E-state index in [4.69, 9.17) is 5.73 Å². The van der Waals surface area contributed by atoms with Crippen LogP contribution in [0.15, 0.2) is 24.3 Å². The van der Waals surface area contributed by atoms with Gasteiger partial charge in [0.1, 0.15) is 17.3 Å². The molecule has 0 spiro atoms. The van der Waals surface area contributed by atoms with E-state index in [1.54, 1.807) is 12.1 Å². The van der Waals surface area contributed by atoms with Gasteiger partial charge in [-0.25, -0.2) is 9.37 Å². The molecule has 0 bridgehead atoms. The molecular formula is C22H29FN4O2. The monoisotopic (exact) mass is 400 g/mol. The maximum atomic E-state index is 13.8. The van der Waals surface area contributed by atoms with Crippen LogP contribution in [0.1, 0.15) is 49.3 Å². The third-order valence-corrected chi connectivity index (χ3v) is 5.35. The fourth-order valence-electron chi connectivity index (χ4n) is 3.98. The van der Waals surface area contributed by atoms with Gasteiger partial charge in [-0.15, -0.1) is 0 Å². The number of halogens is 1. The zero-order chi connectivity index (χ0) is 21.1. The minimum Gasteiger partial charge on any atom is -0.369 e. The number of carbonyl (C=O) groups is 2. The van der Waals surface area contributed by atoms with Crippen LogP contribution in [0, 0.1) is 17.7 Å². The zero-order valence-corrected chi connectivity index (χ0v) is 17.3. The Morgan fingerprint density at radius 2 is 2.03 bits per heavy atom. The summed E-state index contributed by atoms with van der Waals surface area (Å²) >= 11 is 0. The SMILES string of the molecule is CC(C)C[C@H](CC(=O)c1nc(-c2cccc(F)c2)n2c1CN(C)CCC2)C(N)=O. The molecule has 2 N–H and O–H groups in total.